The minimum absolute atomic E-state index is 0. The van der Waals surface area contributed by atoms with Gasteiger partial charge in [-0.2, -0.15) is 0 Å². The van der Waals surface area contributed by atoms with Gasteiger partial charge < -0.3 is 9.97 Å². The van der Waals surface area contributed by atoms with Gasteiger partial charge in [-0.25, -0.2) is 9.97 Å². The van der Waals surface area contributed by atoms with Crippen molar-refractivity contribution < 1.29 is 19.5 Å². The van der Waals surface area contributed by atoms with Crippen LogP contribution in [0.25, 0.3) is 176 Å². The van der Waals surface area contributed by atoms with E-state index in [9.17, 15) is 0 Å². The molecule has 0 N–H and O–H groups in total. The Morgan fingerprint density at radius 1 is 0.210 bits per heavy atom. The molecular formula is C76H44N4Zn. The van der Waals surface area contributed by atoms with Crippen LogP contribution < -0.4 is 9.97 Å². The Labute approximate surface area is 479 Å². The zero-order valence-electron chi connectivity index (χ0n) is 43.9. The molecule has 4 nitrogen and oxygen atoms in total. The second-order valence-electron chi connectivity index (χ2n) is 21.2. The third-order valence-corrected chi connectivity index (χ3v) is 16.6. The number of hydrogen-bond donors (Lipinski definition) is 0. The first-order chi connectivity index (χ1) is 39.7. The molecule has 0 fully saturated rings. The van der Waals surface area contributed by atoms with Crippen molar-refractivity contribution in [2.24, 2.45) is 0 Å². The van der Waals surface area contributed by atoms with Crippen molar-refractivity contribution in [2.75, 3.05) is 0 Å². The van der Waals surface area contributed by atoms with Gasteiger partial charge >= 0.3 is 19.5 Å². The minimum Gasteiger partial charge on any atom is -0.656 e. The molecule has 12 aromatic carbocycles. The fourth-order valence-corrected chi connectivity index (χ4v) is 12.9. The number of rotatable bonds is 4. The fraction of sp³-hybridized carbons (Fsp3) is 0. The molecule has 0 spiro atoms. The van der Waals surface area contributed by atoms with Gasteiger partial charge in [0.1, 0.15) is 0 Å². The van der Waals surface area contributed by atoms with E-state index in [1.165, 1.54) is 0 Å². The molecular weight excluding hydrogens is 1030 g/mol. The molecule has 2 aromatic heterocycles. The maximum atomic E-state index is 6.12. The van der Waals surface area contributed by atoms with Crippen LogP contribution in [0.3, 0.4) is 0 Å². The predicted octanol–water partition coefficient (Wildman–Crippen LogP) is 19.8. The summed E-state index contributed by atoms with van der Waals surface area (Å²) in [6, 6.07) is 96.7. The van der Waals surface area contributed by atoms with Crippen LogP contribution in [-0.4, -0.2) is 9.97 Å². The summed E-state index contributed by atoms with van der Waals surface area (Å²) in [7, 11) is 0. The third kappa shape index (κ3) is 7.33. The van der Waals surface area contributed by atoms with E-state index in [2.05, 4.69) is 267 Å². The average molecular weight is 1080 g/mol. The van der Waals surface area contributed by atoms with Crippen molar-refractivity contribution in [2.45, 2.75) is 0 Å². The molecule has 0 saturated carbocycles. The van der Waals surface area contributed by atoms with E-state index in [4.69, 9.17) is 19.9 Å². The fourth-order valence-electron chi connectivity index (χ4n) is 12.9. The molecule has 0 saturated heterocycles. The van der Waals surface area contributed by atoms with E-state index in [1.54, 1.807) is 0 Å². The summed E-state index contributed by atoms with van der Waals surface area (Å²) in [6.45, 7) is 0. The number of hydrogen-bond acceptors (Lipinski definition) is 2. The van der Waals surface area contributed by atoms with Crippen LogP contribution in [0.5, 0.6) is 0 Å². The van der Waals surface area contributed by atoms with Crippen molar-refractivity contribution in [3.63, 3.8) is 0 Å². The van der Waals surface area contributed by atoms with E-state index < -0.39 is 0 Å². The molecule has 370 valence electrons. The molecule has 8 bridgehead atoms. The molecule has 2 aliphatic heterocycles. The summed E-state index contributed by atoms with van der Waals surface area (Å²) in [5.74, 6) is 0. The summed E-state index contributed by atoms with van der Waals surface area (Å²) >= 11 is 0. The van der Waals surface area contributed by atoms with Gasteiger partial charge in [-0.15, -0.1) is 22.1 Å². The molecule has 17 rings (SSSR count). The van der Waals surface area contributed by atoms with Crippen molar-refractivity contribution in [3.05, 3.63) is 267 Å². The number of fused-ring (bicyclic) bond motifs is 4. The molecule has 14 aromatic rings. The summed E-state index contributed by atoms with van der Waals surface area (Å²) in [5, 5.41) is 13.2. The number of benzene rings is 12. The average Bonchev–Trinajstić information content (AvgIpc) is 3.97. The quantitative estimate of drug-likeness (QED) is 0.165. The van der Waals surface area contributed by atoms with Gasteiger partial charge in [-0.1, -0.05) is 218 Å². The van der Waals surface area contributed by atoms with Crippen LogP contribution in [0, 0.1) is 0 Å². The second kappa shape index (κ2) is 18.5. The van der Waals surface area contributed by atoms with Gasteiger partial charge in [0, 0.05) is 22.3 Å². The number of aromatic nitrogens is 4. The topological polar surface area (TPSA) is 54.0 Å². The molecule has 81 heavy (non-hydrogen) atoms. The minimum atomic E-state index is 0. The maximum Gasteiger partial charge on any atom is 2.00 e. The standard InChI is InChI=1S/C76H44N4.Zn/c1-5-21-45(22-6-1)65-69-57-37-49-29-13-15-31-51(49)39-59(57)71(77-69)66(46-23-7-2-8-24-46)73-61-41-53-33-17-19-35-55(53)43-63(61)75(79-73)68(48-27-11-4-12-28-48)76-64-44-56-36-20-18-34-54(56)42-62(64)74(80-76)67(47-25-9-3-10-26-47)72-60-40-52-32-16-14-30-50(52)38-58(60)70(65)78-72;/h1-44H;/q-2;+2. The molecule has 5 heteroatoms. The number of nitrogens with zero attached hydrogens (tertiary/aromatic N) is 4. The summed E-state index contributed by atoms with van der Waals surface area (Å²) in [4.78, 5) is 24.5. The molecule has 0 amide bonds. The van der Waals surface area contributed by atoms with Crippen molar-refractivity contribution in [3.8, 4) is 89.5 Å². The Hall–Kier alpha value is -10.1. The smallest absolute Gasteiger partial charge is 0.656 e. The van der Waals surface area contributed by atoms with E-state index in [-0.39, 0.29) is 19.5 Å². The summed E-state index contributed by atoms with van der Waals surface area (Å²) in [5.41, 5.74) is 18.9. The third-order valence-electron chi connectivity index (χ3n) is 16.6. The van der Waals surface area contributed by atoms with Gasteiger partial charge in [0.2, 0.25) is 0 Å². The zero-order valence-corrected chi connectivity index (χ0v) is 46.9. The van der Waals surface area contributed by atoms with Crippen molar-refractivity contribution >= 4 is 86.7 Å². The first-order valence-electron chi connectivity index (χ1n) is 27.4. The second-order valence-corrected chi connectivity index (χ2v) is 21.2. The Bertz CT molecular complexity index is 4630. The van der Waals surface area contributed by atoms with E-state index in [0.29, 0.717) is 0 Å². The maximum absolute atomic E-state index is 6.12. The van der Waals surface area contributed by atoms with E-state index >= 15 is 0 Å². The zero-order chi connectivity index (χ0) is 52.4. The Balaban J connectivity index is 0.00000542. The Morgan fingerprint density at radius 3 is 0.605 bits per heavy atom. The van der Waals surface area contributed by atoms with E-state index in [0.717, 1.165) is 176 Å². The molecule has 0 unspecified atom stereocenters. The Morgan fingerprint density at radius 2 is 0.395 bits per heavy atom. The first kappa shape index (κ1) is 47.0. The van der Waals surface area contributed by atoms with E-state index in [1.807, 2.05) is 0 Å². The monoisotopic (exact) mass is 1080 g/mol. The van der Waals surface area contributed by atoms with Crippen LogP contribution >= 0.6 is 0 Å². The molecule has 1 aliphatic carbocycles. The molecule has 3 aliphatic rings. The van der Waals surface area contributed by atoms with Gasteiger partial charge in [-0.3, -0.25) is 0 Å². The van der Waals surface area contributed by atoms with Crippen LogP contribution in [0.15, 0.2) is 267 Å². The van der Waals surface area contributed by atoms with Gasteiger partial charge in [0.25, 0.3) is 0 Å². The van der Waals surface area contributed by atoms with Gasteiger partial charge in [0.05, 0.1) is 22.8 Å². The van der Waals surface area contributed by atoms with Crippen LogP contribution in [0.4, 0.5) is 0 Å². The Kier molecular flexibility index (Phi) is 10.7. The first-order valence-corrected chi connectivity index (χ1v) is 27.4. The van der Waals surface area contributed by atoms with Crippen molar-refractivity contribution in [1.82, 2.24) is 19.9 Å². The van der Waals surface area contributed by atoms with Crippen LogP contribution in [0.1, 0.15) is 0 Å². The molecule has 0 radical (unpaired) electrons. The van der Waals surface area contributed by atoms with Crippen molar-refractivity contribution in [1.29, 1.82) is 0 Å². The molecule has 4 heterocycles. The SMILES string of the molecule is [Zn+2].c1ccc(-c2c3nc(c(-c4ccccc4)c4[n-]c(c(-c5ccccc5)c5nc(c(-c6ccccc6)c6[n-]c2c2cc7ccccc7cc62)-c2cc6ccccc6cc2-5)c2cc5ccccc5cc42)-c2cc4ccccc4cc2-3)cc1. The van der Waals surface area contributed by atoms with Crippen LogP contribution in [-0.2, 0) is 19.5 Å². The van der Waals surface area contributed by atoms with Gasteiger partial charge in [-0.05, 0) is 158 Å². The summed E-state index contributed by atoms with van der Waals surface area (Å²) < 4.78 is 0. The molecule has 0 atom stereocenters. The largest absolute Gasteiger partial charge is 2.00 e. The summed E-state index contributed by atoms with van der Waals surface area (Å²) in [6.07, 6.45) is 0. The van der Waals surface area contributed by atoms with Gasteiger partial charge in [0.15, 0.2) is 0 Å². The predicted molar refractivity (Wildman–Crippen MR) is 335 cm³/mol. The normalized spacial score (nSPS) is 11.9. The van der Waals surface area contributed by atoms with Crippen LogP contribution in [0.2, 0.25) is 0 Å².